The molecule has 0 amide bonds. The summed E-state index contributed by atoms with van der Waals surface area (Å²) in [6.07, 6.45) is 1.91. The first-order valence-electron chi connectivity index (χ1n) is 5.92. The van der Waals surface area contributed by atoms with Crippen molar-refractivity contribution in [1.82, 2.24) is 5.32 Å². The summed E-state index contributed by atoms with van der Waals surface area (Å²) in [6, 6.07) is 8.24. The smallest absolute Gasteiger partial charge is 0.122 e. The van der Waals surface area contributed by atoms with Gasteiger partial charge in [-0.1, -0.05) is 18.2 Å². The van der Waals surface area contributed by atoms with Gasteiger partial charge in [0.25, 0.3) is 0 Å². The summed E-state index contributed by atoms with van der Waals surface area (Å²) in [5.74, 6) is 1.59. The van der Waals surface area contributed by atoms with E-state index in [9.17, 15) is 0 Å². The van der Waals surface area contributed by atoms with E-state index < -0.39 is 0 Å². The fourth-order valence-electron chi connectivity index (χ4n) is 2.03. The van der Waals surface area contributed by atoms with Crippen molar-refractivity contribution >= 4 is 0 Å². The maximum atomic E-state index is 8.67. The topological polar surface area (TPSA) is 41.5 Å². The number of fused-ring (bicyclic) bond motifs is 1. The normalized spacial score (nSPS) is 18.9. The number of aliphatic hydroxyl groups excluding tert-OH is 1. The molecule has 0 aromatic heterocycles. The first-order chi connectivity index (χ1) is 7.90. The Morgan fingerprint density at radius 1 is 1.38 bits per heavy atom. The highest BCUT2D eigenvalue weighted by Crippen LogP contribution is 2.26. The molecule has 3 nitrogen and oxygen atoms in total. The fraction of sp³-hybridized carbons (Fsp3) is 0.538. The maximum absolute atomic E-state index is 8.67. The van der Waals surface area contributed by atoms with Crippen LogP contribution >= 0.6 is 0 Å². The molecule has 3 heteroatoms. The van der Waals surface area contributed by atoms with Crippen molar-refractivity contribution in [3.05, 3.63) is 29.8 Å². The van der Waals surface area contributed by atoms with E-state index in [2.05, 4.69) is 17.4 Å². The van der Waals surface area contributed by atoms with Gasteiger partial charge >= 0.3 is 0 Å². The van der Waals surface area contributed by atoms with Crippen molar-refractivity contribution in [1.29, 1.82) is 0 Å². The summed E-state index contributed by atoms with van der Waals surface area (Å²) < 4.78 is 5.70. The minimum atomic E-state index is 0.261. The van der Waals surface area contributed by atoms with Gasteiger partial charge in [-0.2, -0.15) is 0 Å². The second-order valence-corrected chi connectivity index (χ2v) is 4.27. The Morgan fingerprint density at radius 3 is 3.12 bits per heavy atom. The first kappa shape index (κ1) is 11.4. The monoisotopic (exact) mass is 221 g/mol. The summed E-state index contributed by atoms with van der Waals surface area (Å²) in [5.41, 5.74) is 1.31. The number of rotatable bonds is 5. The zero-order valence-electron chi connectivity index (χ0n) is 9.48. The maximum Gasteiger partial charge on any atom is 0.122 e. The van der Waals surface area contributed by atoms with Crippen LogP contribution in [0, 0.1) is 5.92 Å². The third-order valence-electron chi connectivity index (χ3n) is 2.90. The van der Waals surface area contributed by atoms with Gasteiger partial charge in [-0.05, 0) is 31.0 Å². The lowest BCUT2D eigenvalue weighted by atomic mass is 9.97. The molecule has 2 N–H and O–H groups in total. The molecule has 16 heavy (non-hydrogen) atoms. The van der Waals surface area contributed by atoms with E-state index in [1.165, 1.54) is 5.56 Å². The molecule has 1 aliphatic heterocycles. The van der Waals surface area contributed by atoms with Gasteiger partial charge in [0.15, 0.2) is 0 Å². The van der Waals surface area contributed by atoms with Gasteiger partial charge in [0.2, 0.25) is 0 Å². The van der Waals surface area contributed by atoms with Crippen LogP contribution < -0.4 is 10.1 Å². The Kier molecular flexibility index (Phi) is 4.19. The molecule has 1 aliphatic rings. The van der Waals surface area contributed by atoms with E-state index in [0.29, 0.717) is 5.92 Å². The lowest BCUT2D eigenvalue weighted by Crippen LogP contribution is -2.32. The van der Waals surface area contributed by atoms with Crippen molar-refractivity contribution in [2.75, 3.05) is 26.3 Å². The van der Waals surface area contributed by atoms with Crippen LogP contribution in [0.5, 0.6) is 5.75 Å². The van der Waals surface area contributed by atoms with Crippen LogP contribution in [0.25, 0.3) is 0 Å². The lowest BCUT2D eigenvalue weighted by molar-refractivity contribution is 0.216. The van der Waals surface area contributed by atoms with Crippen molar-refractivity contribution < 1.29 is 9.84 Å². The summed E-state index contributed by atoms with van der Waals surface area (Å²) in [7, 11) is 0. The van der Waals surface area contributed by atoms with Gasteiger partial charge in [0.1, 0.15) is 5.75 Å². The summed E-state index contributed by atoms with van der Waals surface area (Å²) >= 11 is 0. The van der Waals surface area contributed by atoms with E-state index in [-0.39, 0.29) is 6.61 Å². The molecular weight excluding hydrogens is 202 g/mol. The molecular formula is C13H19NO2. The number of para-hydroxylation sites is 1. The number of ether oxygens (including phenoxy) is 1. The molecule has 88 valence electrons. The van der Waals surface area contributed by atoms with Crippen LogP contribution in [0.2, 0.25) is 0 Å². The molecule has 0 fully saturated rings. The standard InChI is InChI=1S/C13H19NO2/c15-7-3-6-14-9-11-8-12-4-1-2-5-13(12)16-10-11/h1-2,4-5,11,14-15H,3,6-10H2. The number of aliphatic hydroxyl groups is 1. The highest BCUT2D eigenvalue weighted by molar-refractivity contribution is 5.35. The molecule has 0 saturated carbocycles. The molecule has 1 heterocycles. The van der Waals surface area contributed by atoms with E-state index >= 15 is 0 Å². The van der Waals surface area contributed by atoms with Gasteiger partial charge in [-0.3, -0.25) is 0 Å². The van der Waals surface area contributed by atoms with E-state index in [1.54, 1.807) is 0 Å². The lowest BCUT2D eigenvalue weighted by Gasteiger charge is -2.25. The molecule has 0 saturated heterocycles. The van der Waals surface area contributed by atoms with Crippen LogP contribution in [0.1, 0.15) is 12.0 Å². The fourth-order valence-corrected chi connectivity index (χ4v) is 2.03. The van der Waals surface area contributed by atoms with Gasteiger partial charge < -0.3 is 15.2 Å². The van der Waals surface area contributed by atoms with Gasteiger partial charge in [-0.25, -0.2) is 0 Å². The third-order valence-corrected chi connectivity index (χ3v) is 2.90. The summed E-state index contributed by atoms with van der Waals surface area (Å²) in [5, 5.41) is 12.0. The van der Waals surface area contributed by atoms with E-state index in [0.717, 1.165) is 38.3 Å². The van der Waals surface area contributed by atoms with Crippen LogP contribution in [0.3, 0.4) is 0 Å². The molecule has 1 atom stereocenters. The quantitative estimate of drug-likeness (QED) is 0.734. The highest BCUT2D eigenvalue weighted by Gasteiger charge is 2.18. The summed E-state index contributed by atoms with van der Waals surface area (Å²) in [6.45, 7) is 2.91. The second kappa shape index (κ2) is 5.87. The number of hydrogen-bond acceptors (Lipinski definition) is 3. The van der Waals surface area contributed by atoms with Crippen molar-refractivity contribution in [3.8, 4) is 5.75 Å². The van der Waals surface area contributed by atoms with Gasteiger partial charge in [0.05, 0.1) is 6.61 Å². The SMILES string of the molecule is OCCCNCC1COc2ccccc2C1. The Morgan fingerprint density at radius 2 is 2.25 bits per heavy atom. The van der Waals surface area contributed by atoms with Crippen LogP contribution in [-0.4, -0.2) is 31.4 Å². The van der Waals surface area contributed by atoms with Crippen molar-refractivity contribution in [2.24, 2.45) is 5.92 Å². The van der Waals surface area contributed by atoms with E-state index in [1.807, 2.05) is 12.1 Å². The van der Waals surface area contributed by atoms with Gasteiger partial charge in [0, 0.05) is 19.1 Å². The average molecular weight is 221 g/mol. The van der Waals surface area contributed by atoms with Crippen LogP contribution in [-0.2, 0) is 6.42 Å². The minimum Gasteiger partial charge on any atom is -0.493 e. The number of nitrogens with one attached hydrogen (secondary N) is 1. The molecule has 0 spiro atoms. The minimum absolute atomic E-state index is 0.261. The molecule has 1 unspecified atom stereocenters. The molecule has 2 rings (SSSR count). The Balaban J connectivity index is 1.79. The predicted octanol–water partition coefficient (Wildman–Crippen LogP) is 1.21. The highest BCUT2D eigenvalue weighted by atomic mass is 16.5. The Bertz CT molecular complexity index is 327. The van der Waals surface area contributed by atoms with E-state index in [4.69, 9.17) is 9.84 Å². The molecule has 1 aromatic carbocycles. The molecule has 0 bridgehead atoms. The van der Waals surface area contributed by atoms with Crippen LogP contribution in [0.15, 0.2) is 24.3 Å². The third kappa shape index (κ3) is 2.97. The van der Waals surface area contributed by atoms with Gasteiger partial charge in [-0.15, -0.1) is 0 Å². The predicted molar refractivity (Wildman–Crippen MR) is 63.7 cm³/mol. The summed E-state index contributed by atoms with van der Waals surface area (Å²) in [4.78, 5) is 0. The Labute approximate surface area is 96.4 Å². The van der Waals surface area contributed by atoms with Crippen molar-refractivity contribution in [3.63, 3.8) is 0 Å². The zero-order valence-corrected chi connectivity index (χ0v) is 9.48. The van der Waals surface area contributed by atoms with Crippen molar-refractivity contribution in [2.45, 2.75) is 12.8 Å². The number of benzene rings is 1. The zero-order chi connectivity index (χ0) is 11.2. The second-order valence-electron chi connectivity index (χ2n) is 4.27. The van der Waals surface area contributed by atoms with Crippen LogP contribution in [0.4, 0.5) is 0 Å². The average Bonchev–Trinajstić information content (AvgIpc) is 2.34. The molecule has 0 aliphatic carbocycles. The first-order valence-corrected chi connectivity index (χ1v) is 5.92. The number of hydrogen-bond donors (Lipinski definition) is 2. The molecule has 0 radical (unpaired) electrons. The largest absolute Gasteiger partial charge is 0.493 e. The molecule has 1 aromatic rings. The Hall–Kier alpha value is -1.06.